The average molecular weight is 475 g/mol. The summed E-state index contributed by atoms with van der Waals surface area (Å²) < 4.78 is 7.55. The van der Waals surface area contributed by atoms with Gasteiger partial charge < -0.3 is 4.74 Å². The smallest absolute Gasteiger partial charge is 0.116 e. The Morgan fingerprint density at radius 3 is 1.24 bits per heavy atom. The van der Waals surface area contributed by atoms with E-state index in [2.05, 4.69) is 34.6 Å². The minimum Gasteiger partial charge on any atom is -0.336 e. The summed E-state index contributed by atoms with van der Waals surface area (Å²) in [5.74, 6) is 5.44. The van der Waals surface area contributed by atoms with Crippen molar-refractivity contribution in [3.8, 4) is 0 Å². The van der Waals surface area contributed by atoms with Gasteiger partial charge in [0.2, 0.25) is 0 Å². The first kappa shape index (κ1) is 28.4. The molecular formula is C21H46MoOS2. The van der Waals surface area contributed by atoms with Crippen molar-refractivity contribution in [3.63, 3.8) is 0 Å². The molecule has 0 aromatic carbocycles. The molecule has 0 amide bonds. The molecule has 0 aromatic heterocycles. The Morgan fingerprint density at radius 1 is 0.640 bits per heavy atom. The third-order valence-electron chi connectivity index (χ3n) is 5.35. The van der Waals surface area contributed by atoms with Crippen LogP contribution in [-0.4, -0.2) is 34.0 Å². The van der Waals surface area contributed by atoms with Gasteiger partial charge >= 0.3 is 0 Å². The molecule has 0 fully saturated rings. The number of thiol groups is 1. The molecule has 0 saturated heterocycles. The number of hydrogen-bond acceptors (Lipinski definition) is 1. The molecule has 0 radical (unpaired) electrons. The Morgan fingerprint density at radius 2 is 0.960 bits per heavy atom. The van der Waals surface area contributed by atoms with Gasteiger partial charge in [0.05, 0.1) is 6.61 Å². The fourth-order valence-electron chi connectivity index (χ4n) is 3.52. The van der Waals surface area contributed by atoms with Gasteiger partial charge in [-0.05, 0) is 55.1 Å². The Hall–Kier alpha value is 1.22. The quantitative estimate of drug-likeness (QED) is 0.113. The largest absolute Gasteiger partial charge is 0.336 e. The van der Waals surface area contributed by atoms with Crippen LogP contribution in [0.4, 0.5) is 0 Å². The van der Waals surface area contributed by atoms with Gasteiger partial charge in [0.15, 0.2) is 0 Å². The van der Waals surface area contributed by atoms with E-state index in [-0.39, 0.29) is 21.1 Å². The van der Waals surface area contributed by atoms with Gasteiger partial charge in [-0.2, -0.15) is 0 Å². The first-order valence-corrected chi connectivity index (χ1v) is 13.8. The van der Waals surface area contributed by atoms with Crippen LogP contribution in [-0.2, 0) is 25.8 Å². The molecule has 1 nitrogen and oxygen atoms in total. The Kier molecular flexibility index (Phi) is 18.4. The maximum atomic E-state index is 6.37. The number of ether oxygens (including phenoxy) is 1. The monoisotopic (exact) mass is 476 g/mol. The summed E-state index contributed by atoms with van der Waals surface area (Å²) in [6.07, 6.45) is 12.8. The molecule has 0 aliphatic rings. The second-order valence-corrected chi connectivity index (χ2v) is 13.8. The van der Waals surface area contributed by atoms with E-state index in [1.54, 1.807) is 0 Å². The molecule has 0 bridgehead atoms. The number of unbranched alkanes of at least 4 members (excludes halogenated alkanes) is 5. The van der Waals surface area contributed by atoms with E-state index in [0.29, 0.717) is 0 Å². The van der Waals surface area contributed by atoms with Crippen LogP contribution in [0.25, 0.3) is 0 Å². The standard InChI is InChI=1S/C21H46OS2.Mo/c1-6-11-16-22-21(23)24(17-12-7-2,18-13-8-3,19-14-9-4)20-15-10-5;/h23H,6-20H2,1-5H3;. The molecule has 0 heterocycles. The Balaban J connectivity index is 0. The van der Waals surface area contributed by atoms with E-state index in [1.165, 1.54) is 85.2 Å². The van der Waals surface area contributed by atoms with Gasteiger partial charge in [-0.25, -0.2) is 8.75 Å². The zero-order valence-corrected chi connectivity index (χ0v) is 21.5. The average Bonchev–Trinajstić information content (AvgIpc) is 2.61. The molecule has 0 unspecified atom stereocenters. The molecule has 0 atom stereocenters. The molecule has 4 heteroatoms. The molecule has 0 N–H and O–H groups in total. The molecule has 0 aliphatic heterocycles. The van der Waals surface area contributed by atoms with Crippen LogP contribution in [0.1, 0.15) is 98.8 Å². The van der Waals surface area contributed by atoms with E-state index in [9.17, 15) is 0 Å². The van der Waals surface area contributed by atoms with Crippen molar-refractivity contribution in [2.24, 2.45) is 0 Å². The summed E-state index contributed by atoms with van der Waals surface area (Å²) in [7, 11) is -1.71. The molecule has 0 spiro atoms. The molecule has 0 rings (SSSR count). The van der Waals surface area contributed by atoms with E-state index >= 15 is 0 Å². The minimum absolute atomic E-state index is 0. The fraction of sp³-hybridized carbons (Fsp3) is 0.952. The molecule has 0 aromatic rings. The van der Waals surface area contributed by atoms with Crippen LogP contribution in [0, 0.1) is 0 Å². The van der Waals surface area contributed by atoms with Crippen LogP contribution in [0.2, 0.25) is 0 Å². The summed E-state index contributed by atoms with van der Waals surface area (Å²) in [4.78, 5) is 0. The first-order chi connectivity index (χ1) is 11.5. The summed E-state index contributed by atoms with van der Waals surface area (Å²) >= 11 is 5.10. The Labute approximate surface area is 179 Å². The summed E-state index contributed by atoms with van der Waals surface area (Å²) in [5.41, 5.74) is 0. The van der Waals surface area contributed by atoms with E-state index < -0.39 is 8.75 Å². The van der Waals surface area contributed by atoms with Crippen molar-refractivity contribution in [3.05, 3.63) is 0 Å². The van der Waals surface area contributed by atoms with Crippen molar-refractivity contribution in [2.75, 3.05) is 29.6 Å². The zero-order valence-electron chi connectivity index (χ0n) is 17.8. The number of hydrogen-bond donors (Lipinski definition) is 1. The third kappa shape index (κ3) is 9.31. The van der Waals surface area contributed by atoms with Gasteiger partial charge in [0.1, 0.15) is 4.38 Å². The summed E-state index contributed by atoms with van der Waals surface area (Å²) in [5, 5.41) is 0. The predicted octanol–water partition coefficient (Wildman–Crippen LogP) is 7.36. The zero-order chi connectivity index (χ0) is 18.3. The number of rotatable bonds is 15. The van der Waals surface area contributed by atoms with Crippen molar-refractivity contribution in [1.29, 1.82) is 0 Å². The fourth-order valence-corrected chi connectivity index (χ4v) is 11.2. The first-order valence-electron chi connectivity index (χ1n) is 10.6. The summed E-state index contributed by atoms with van der Waals surface area (Å²) in [6.45, 7) is 12.4. The van der Waals surface area contributed by atoms with Crippen LogP contribution >= 0.6 is 21.4 Å². The molecular weight excluding hydrogens is 428 g/mol. The van der Waals surface area contributed by atoms with E-state index in [4.69, 9.17) is 17.4 Å². The van der Waals surface area contributed by atoms with Crippen LogP contribution in [0.3, 0.4) is 0 Å². The van der Waals surface area contributed by atoms with Gasteiger partial charge in [0.25, 0.3) is 0 Å². The van der Waals surface area contributed by atoms with Gasteiger partial charge in [0, 0.05) is 21.1 Å². The summed E-state index contributed by atoms with van der Waals surface area (Å²) in [6, 6.07) is 0. The second kappa shape index (κ2) is 16.2. The van der Waals surface area contributed by atoms with Gasteiger partial charge in [-0.15, -0.1) is 12.6 Å². The normalized spacial score (nSPS) is 13.1. The molecule has 25 heavy (non-hydrogen) atoms. The predicted molar refractivity (Wildman–Crippen MR) is 122 cm³/mol. The SMILES string of the molecule is CCCCOC(S)=S(CCCC)(CCCC)(CCCC)CCCC.[Mo]. The van der Waals surface area contributed by atoms with Crippen molar-refractivity contribution < 1.29 is 25.8 Å². The van der Waals surface area contributed by atoms with Crippen LogP contribution < -0.4 is 0 Å². The molecule has 0 saturated carbocycles. The molecule has 0 aliphatic carbocycles. The minimum atomic E-state index is -1.71. The van der Waals surface area contributed by atoms with Crippen molar-refractivity contribution in [2.45, 2.75) is 98.8 Å². The Bertz CT molecular complexity index is 327. The third-order valence-corrected chi connectivity index (χ3v) is 13.6. The maximum Gasteiger partial charge on any atom is 0.116 e. The topological polar surface area (TPSA) is 9.23 Å². The van der Waals surface area contributed by atoms with Gasteiger partial charge in [-0.3, -0.25) is 0 Å². The van der Waals surface area contributed by atoms with Crippen LogP contribution in [0.5, 0.6) is 0 Å². The van der Waals surface area contributed by atoms with E-state index in [0.717, 1.165) is 13.0 Å². The maximum absolute atomic E-state index is 6.37. The van der Waals surface area contributed by atoms with Gasteiger partial charge in [-0.1, -0.05) is 66.7 Å². The van der Waals surface area contributed by atoms with E-state index in [1.807, 2.05) is 0 Å². The van der Waals surface area contributed by atoms with Crippen molar-refractivity contribution in [1.82, 2.24) is 0 Å². The van der Waals surface area contributed by atoms with Crippen LogP contribution in [0.15, 0.2) is 0 Å². The van der Waals surface area contributed by atoms with Crippen molar-refractivity contribution >= 4 is 25.8 Å². The molecule has 154 valence electrons. The second-order valence-electron chi connectivity index (χ2n) is 7.50.